The van der Waals surface area contributed by atoms with E-state index in [1.54, 1.807) is 7.11 Å². The molecule has 7 heteroatoms. The molecule has 0 atom stereocenters. The topological polar surface area (TPSA) is 46.2 Å². The lowest BCUT2D eigenvalue weighted by atomic mass is 9.78. The molecule has 0 aromatic heterocycles. The molecule has 0 fully saturated rings. The van der Waals surface area contributed by atoms with Crippen LogP contribution in [-0.2, 0) is 17.5 Å². The van der Waals surface area contributed by atoms with Gasteiger partial charge in [-0.1, -0.05) is 102 Å². The molecule has 0 unspecified atom stereocenters. The molecule has 2 aliphatic heterocycles. The van der Waals surface area contributed by atoms with Crippen LogP contribution in [0.4, 0.5) is 0 Å². The smallest absolute Gasteiger partial charge is 0.231 e. The van der Waals surface area contributed by atoms with Gasteiger partial charge in [0.2, 0.25) is 15.1 Å². The minimum absolute atomic E-state index is 0.218. The van der Waals surface area contributed by atoms with Gasteiger partial charge in [-0.25, -0.2) is 0 Å². The summed E-state index contributed by atoms with van der Waals surface area (Å²) in [7, 11) is -2.45. The first-order valence-electron chi connectivity index (χ1n) is 16.4. The number of methoxy groups -OCH3 is 1. The molecule has 5 nitrogen and oxygen atoms in total. The van der Waals surface area contributed by atoms with E-state index < -0.39 is 16.4 Å². The molecule has 3 aliphatic rings. The van der Waals surface area contributed by atoms with Gasteiger partial charge in [-0.3, -0.25) is 0 Å². The van der Waals surface area contributed by atoms with E-state index in [1.165, 1.54) is 27.5 Å². The van der Waals surface area contributed by atoms with Gasteiger partial charge in [0.25, 0.3) is 0 Å². The summed E-state index contributed by atoms with van der Waals surface area (Å²) in [6, 6.07) is 19.5. The molecule has 0 spiro atoms. The Labute approximate surface area is 271 Å². The molecule has 0 amide bonds. The lowest BCUT2D eigenvalue weighted by Gasteiger charge is -2.43. The highest BCUT2D eigenvalue weighted by atomic mass is 28.4. The number of fused-ring (bicyclic) bond motifs is 4. The van der Waals surface area contributed by atoms with E-state index in [0.717, 1.165) is 46.1 Å². The summed E-state index contributed by atoms with van der Waals surface area (Å²) in [5, 5.41) is 1.42. The predicted molar refractivity (Wildman–Crippen MR) is 188 cm³/mol. The van der Waals surface area contributed by atoms with Crippen molar-refractivity contribution >= 4 is 27.2 Å². The molecular weight excluding hydrogens is 593 g/mol. The van der Waals surface area contributed by atoms with Crippen molar-refractivity contribution in [3.8, 4) is 23.0 Å². The first kappa shape index (κ1) is 31.7. The SMILES string of the molecule is COc1ccc2c3c1OCc1c(ccc4c1OCO4)C3=C(CO[Si](C(C)C)(C(C)C)C(C)C)/C(=C/[Si](C)(C)c1ccccc1)C2. The highest BCUT2D eigenvalue weighted by Crippen LogP contribution is 2.53. The van der Waals surface area contributed by atoms with Crippen molar-refractivity contribution in [2.45, 2.75) is 84.3 Å². The third kappa shape index (κ3) is 5.36. The largest absolute Gasteiger partial charge is 0.493 e. The molecule has 1 aliphatic carbocycles. The van der Waals surface area contributed by atoms with E-state index in [4.69, 9.17) is 23.4 Å². The molecule has 3 aromatic rings. The summed E-state index contributed by atoms with van der Waals surface area (Å²) in [5.41, 5.74) is 12.4. The van der Waals surface area contributed by atoms with Gasteiger partial charge in [0, 0.05) is 11.1 Å². The van der Waals surface area contributed by atoms with Crippen LogP contribution >= 0.6 is 0 Å². The quantitative estimate of drug-likeness (QED) is 0.219. The molecule has 6 rings (SSSR count). The van der Waals surface area contributed by atoms with Crippen LogP contribution in [0.2, 0.25) is 29.7 Å². The molecule has 2 heterocycles. The normalized spacial score (nSPS) is 16.7. The average Bonchev–Trinajstić information content (AvgIpc) is 3.42. The minimum Gasteiger partial charge on any atom is -0.493 e. The zero-order valence-corrected chi connectivity index (χ0v) is 30.4. The van der Waals surface area contributed by atoms with Gasteiger partial charge in [0.15, 0.2) is 23.0 Å². The van der Waals surface area contributed by atoms with E-state index >= 15 is 0 Å². The van der Waals surface area contributed by atoms with Crippen LogP contribution in [0.1, 0.15) is 63.8 Å². The summed E-state index contributed by atoms with van der Waals surface area (Å²) in [5.74, 6) is 3.09. The Morgan fingerprint density at radius 3 is 2.20 bits per heavy atom. The summed E-state index contributed by atoms with van der Waals surface area (Å²) in [6.45, 7) is 20.2. The van der Waals surface area contributed by atoms with Gasteiger partial charge in [0.05, 0.1) is 13.7 Å². The standard InChI is InChI=1S/C38H48O5Si2/c1-24(2)45(25(3)4,26(5)6)43-21-31-28(22-44(8,9)29-13-11-10-12-14-29)19-27-15-17-33(39-7)38-35(27)36(31)30-16-18-34-37(42-23-41-34)32(30)20-40-38/h10-18,22,24-26H,19-21,23H2,1-9H3/b28-22+. The Balaban J connectivity index is 1.65. The van der Waals surface area contributed by atoms with Crippen LogP contribution in [0.3, 0.4) is 0 Å². The monoisotopic (exact) mass is 640 g/mol. The van der Waals surface area contributed by atoms with Gasteiger partial charge < -0.3 is 23.4 Å². The third-order valence-electron chi connectivity index (χ3n) is 10.2. The van der Waals surface area contributed by atoms with Gasteiger partial charge in [-0.15, -0.1) is 0 Å². The van der Waals surface area contributed by atoms with E-state index in [1.807, 2.05) is 6.07 Å². The third-order valence-corrected chi connectivity index (χ3v) is 19.2. The van der Waals surface area contributed by atoms with Gasteiger partial charge in [-0.05, 0) is 69.1 Å². The van der Waals surface area contributed by atoms with Crippen molar-refractivity contribution in [1.82, 2.24) is 0 Å². The zero-order valence-electron chi connectivity index (χ0n) is 28.4. The van der Waals surface area contributed by atoms with Crippen molar-refractivity contribution in [1.29, 1.82) is 0 Å². The molecular formula is C38H48O5Si2. The molecule has 45 heavy (non-hydrogen) atoms. The van der Waals surface area contributed by atoms with Crippen molar-refractivity contribution in [3.05, 3.63) is 93.7 Å². The minimum atomic E-state index is -2.18. The van der Waals surface area contributed by atoms with Crippen molar-refractivity contribution in [2.75, 3.05) is 20.5 Å². The fourth-order valence-electron chi connectivity index (χ4n) is 8.19. The maximum atomic E-state index is 7.45. The lowest BCUT2D eigenvalue weighted by Crippen LogP contribution is -2.48. The summed E-state index contributed by atoms with van der Waals surface area (Å²) >= 11 is 0. The van der Waals surface area contributed by atoms with Crippen LogP contribution in [0.5, 0.6) is 23.0 Å². The second-order valence-corrected chi connectivity index (χ2v) is 23.9. The second kappa shape index (κ2) is 12.2. The maximum Gasteiger partial charge on any atom is 0.231 e. The summed E-state index contributed by atoms with van der Waals surface area (Å²) in [4.78, 5) is 0. The van der Waals surface area contributed by atoms with Crippen LogP contribution in [0.15, 0.2) is 71.4 Å². The van der Waals surface area contributed by atoms with Crippen LogP contribution < -0.4 is 24.1 Å². The van der Waals surface area contributed by atoms with Gasteiger partial charge >= 0.3 is 0 Å². The van der Waals surface area contributed by atoms with Crippen molar-refractivity contribution in [3.63, 3.8) is 0 Å². The summed E-state index contributed by atoms with van der Waals surface area (Å²) < 4.78 is 31.9. The molecule has 0 saturated heterocycles. The highest BCUT2D eigenvalue weighted by molar-refractivity contribution is 6.94. The Morgan fingerprint density at radius 1 is 0.822 bits per heavy atom. The Kier molecular flexibility index (Phi) is 8.56. The Bertz CT molecular complexity index is 1630. The van der Waals surface area contributed by atoms with Crippen LogP contribution in [0, 0.1) is 0 Å². The van der Waals surface area contributed by atoms with Crippen molar-refractivity contribution in [2.24, 2.45) is 0 Å². The molecule has 0 N–H and O–H groups in total. The van der Waals surface area contributed by atoms with E-state index in [9.17, 15) is 0 Å². The molecule has 238 valence electrons. The van der Waals surface area contributed by atoms with E-state index in [0.29, 0.717) is 29.8 Å². The molecule has 0 saturated carbocycles. The van der Waals surface area contributed by atoms with Gasteiger partial charge in [-0.2, -0.15) is 0 Å². The van der Waals surface area contributed by atoms with Crippen LogP contribution in [-0.4, -0.2) is 36.9 Å². The number of rotatable bonds is 9. The first-order valence-corrected chi connectivity index (χ1v) is 21.6. The fourth-order valence-corrected chi connectivity index (χ4v) is 15.9. The van der Waals surface area contributed by atoms with Crippen LogP contribution in [0.25, 0.3) is 5.57 Å². The highest BCUT2D eigenvalue weighted by Gasteiger charge is 2.46. The van der Waals surface area contributed by atoms with Crippen molar-refractivity contribution < 1.29 is 23.4 Å². The molecule has 0 radical (unpaired) electrons. The average molecular weight is 641 g/mol. The summed E-state index contributed by atoms with van der Waals surface area (Å²) in [6.07, 6.45) is 0.820. The second-order valence-electron chi connectivity index (χ2n) is 14.1. The molecule has 0 bridgehead atoms. The number of hydrogen-bond acceptors (Lipinski definition) is 5. The number of benzene rings is 3. The predicted octanol–water partition coefficient (Wildman–Crippen LogP) is 8.95. The Morgan fingerprint density at radius 2 is 1.53 bits per heavy atom. The van der Waals surface area contributed by atoms with E-state index in [-0.39, 0.29) is 6.79 Å². The zero-order chi connectivity index (χ0) is 32.1. The fraction of sp³-hybridized carbons (Fsp3) is 0.421. The number of ether oxygens (including phenoxy) is 4. The van der Waals surface area contributed by atoms with Gasteiger partial charge in [0.1, 0.15) is 14.7 Å². The van der Waals surface area contributed by atoms with E-state index in [2.05, 4.69) is 109 Å². The number of hydrogen-bond donors (Lipinski definition) is 0. The molecule has 3 aromatic carbocycles. The lowest BCUT2D eigenvalue weighted by molar-refractivity contribution is 0.171. The maximum absolute atomic E-state index is 7.45. The first-order chi connectivity index (χ1) is 21.5. The Hall–Kier alpha value is -3.27.